The molecule has 98 valence electrons. The lowest BCUT2D eigenvalue weighted by Gasteiger charge is -2.17. The fraction of sp³-hybridized carbons (Fsp3) is 0.538. The van der Waals surface area contributed by atoms with E-state index in [0.29, 0.717) is 22.5 Å². The summed E-state index contributed by atoms with van der Waals surface area (Å²) >= 11 is 5.93. The molecule has 1 fully saturated rings. The van der Waals surface area contributed by atoms with Crippen LogP contribution in [0.3, 0.4) is 0 Å². The summed E-state index contributed by atoms with van der Waals surface area (Å²) in [6.07, 6.45) is 2.47. The summed E-state index contributed by atoms with van der Waals surface area (Å²) in [6, 6.07) is 3.37. The molecule has 0 aliphatic heterocycles. The Morgan fingerprint density at radius 3 is 2.89 bits per heavy atom. The van der Waals surface area contributed by atoms with Crippen molar-refractivity contribution >= 4 is 23.3 Å². The number of hydrogen-bond donors (Lipinski definition) is 1. The van der Waals surface area contributed by atoms with Crippen LogP contribution in [0.4, 0.5) is 5.82 Å². The fourth-order valence-electron chi connectivity index (χ4n) is 1.88. The standard InChI is InChI=1S/C13H18ClN3O/c1-3-15-12-7-10(6-11(14)16-12)13(18)17(2)8-9-4-5-9/h6-7,9H,3-5,8H2,1-2H3,(H,15,16). The van der Waals surface area contributed by atoms with Crippen LogP contribution in [0.2, 0.25) is 5.15 Å². The highest BCUT2D eigenvalue weighted by atomic mass is 35.5. The molecule has 1 heterocycles. The van der Waals surface area contributed by atoms with Crippen molar-refractivity contribution in [1.82, 2.24) is 9.88 Å². The zero-order chi connectivity index (χ0) is 13.1. The molecule has 18 heavy (non-hydrogen) atoms. The third kappa shape index (κ3) is 3.35. The topological polar surface area (TPSA) is 45.2 Å². The van der Waals surface area contributed by atoms with Gasteiger partial charge in [-0.3, -0.25) is 4.79 Å². The van der Waals surface area contributed by atoms with Gasteiger partial charge in [-0.25, -0.2) is 4.98 Å². The third-order valence-corrected chi connectivity index (χ3v) is 3.17. The Kier molecular flexibility index (Phi) is 4.07. The molecular weight excluding hydrogens is 250 g/mol. The van der Waals surface area contributed by atoms with E-state index in [1.54, 1.807) is 17.0 Å². The summed E-state index contributed by atoms with van der Waals surface area (Å²) in [7, 11) is 1.84. The van der Waals surface area contributed by atoms with Crippen LogP contribution >= 0.6 is 11.6 Å². The molecule has 1 aliphatic rings. The SMILES string of the molecule is CCNc1cc(C(=O)N(C)CC2CC2)cc(Cl)n1. The lowest BCUT2D eigenvalue weighted by molar-refractivity contribution is 0.0788. The Morgan fingerprint density at radius 2 is 2.28 bits per heavy atom. The van der Waals surface area contributed by atoms with Crippen LogP contribution in [0.15, 0.2) is 12.1 Å². The summed E-state index contributed by atoms with van der Waals surface area (Å²) in [5.74, 6) is 1.34. The van der Waals surface area contributed by atoms with Crippen LogP contribution in [0, 0.1) is 5.92 Å². The number of nitrogens with one attached hydrogen (secondary N) is 1. The van der Waals surface area contributed by atoms with Gasteiger partial charge in [-0.2, -0.15) is 0 Å². The van der Waals surface area contributed by atoms with Crippen molar-refractivity contribution < 1.29 is 4.79 Å². The van der Waals surface area contributed by atoms with Crippen molar-refractivity contribution in [2.24, 2.45) is 5.92 Å². The van der Waals surface area contributed by atoms with Gasteiger partial charge < -0.3 is 10.2 Å². The Bertz CT molecular complexity index is 446. The van der Waals surface area contributed by atoms with Gasteiger partial charge >= 0.3 is 0 Å². The number of carbonyl (C=O) groups is 1. The van der Waals surface area contributed by atoms with Crippen molar-refractivity contribution in [3.8, 4) is 0 Å². The number of amides is 1. The zero-order valence-corrected chi connectivity index (χ0v) is 11.5. The first-order chi connectivity index (χ1) is 8.60. The van der Waals surface area contributed by atoms with Crippen LogP contribution in [-0.2, 0) is 0 Å². The lowest BCUT2D eigenvalue weighted by atomic mass is 10.2. The maximum absolute atomic E-state index is 12.2. The molecule has 4 nitrogen and oxygen atoms in total. The molecule has 1 amide bonds. The Hall–Kier alpha value is -1.29. The second kappa shape index (κ2) is 5.57. The van der Waals surface area contributed by atoms with Crippen molar-refractivity contribution in [3.63, 3.8) is 0 Å². The fourth-order valence-corrected chi connectivity index (χ4v) is 2.09. The molecule has 0 radical (unpaired) electrons. The summed E-state index contributed by atoms with van der Waals surface area (Å²) in [5.41, 5.74) is 0.592. The van der Waals surface area contributed by atoms with Crippen molar-refractivity contribution in [3.05, 3.63) is 22.8 Å². The molecule has 1 N–H and O–H groups in total. The largest absolute Gasteiger partial charge is 0.370 e. The highest BCUT2D eigenvalue weighted by Crippen LogP contribution is 2.29. The normalized spacial score (nSPS) is 14.4. The van der Waals surface area contributed by atoms with Crippen LogP contribution < -0.4 is 5.32 Å². The molecule has 1 aromatic rings. The van der Waals surface area contributed by atoms with E-state index in [0.717, 1.165) is 13.1 Å². The number of pyridine rings is 1. The molecule has 5 heteroatoms. The first kappa shape index (κ1) is 13.1. The molecule has 0 spiro atoms. The zero-order valence-electron chi connectivity index (χ0n) is 10.7. The molecular formula is C13H18ClN3O. The molecule has 2 rings (SSSR count). The molecule has 0 aromatic carbocycles. The number of rotatable bonds is 5. The minimum Gasteiger partial charge on any atom is -0.370 e. The van der Waals surface area contributed by atoms with E-state index in [4.69, 9.17) is 11.6 Å². The Labute approximate surface area is 112 Å². The first-order valence-corrected chi connectivity index (χ1v) is 6.65. The number of halogens is 1. The quantitative estimate of drug-likeness (QED) is 0.835. The molecule has 0 bridgehead atoms. The van der Waals surface area contributed by atoms with Crippen molar-refractivity contribution in [2.45, 2.75) is 19.8 Å². The summed E-state index contributed by atoms with van der Waals surface area (Å²) in [6.45, 7) is 3.55. The van der Waals surface area contributed by atoms with Crippen molar-refractivity contribution in [2.75, 3.05) is 25.5 Å². The van der Waals surface area contributed by atoms with Crippen molar-refractivity contribution in [1.29, 1.82) is 0 Å². The molecule has 0 saturated heterocycles. The van der Waals surface area contributed by atoms with E-state index in [2.05, 4.69) is 10.3 Å². The van der Waals surface area contributed by atoms with Gasteiger partial charge in [0.25, 0.3) is 5.91 Å². The van der Waals surface area contributed by atoms with E-state index in [1.807, 2.05) is 14.0 Å². The number of anilines is 1. The average Bonchev–Trinajstić information content (AvgIpc) is 3.11. The lowest BCUT2D eigenvalue weighted by Crippen LogP contribution is -2.28. The van der Waals surface area contributed by atoms with E-state index in [1.165, 1.54) is 12.8 Å². The molecule has 0 atom stereocenters. The minimum atomic E-state index is 0.00496. The summed E-state index contributed by atoms with van der Waals surface area (Å²) < 4.78 is 0. The van der Waals surface area contributed by atoms with E-state index in [-0.39, 0.29) is 5.91 Å². The monoisotopic (exact) mass is 267 g/mol. The van der Waals surface area contributed by atoms with E-state index < -0.39 is 0 Å². The van der Waals surface area contributed by atoms with Gasteiger partial charge in [0.15, 0.2) is 0 Å². The first-order valence-electron chi connectivity index (χ1n) is 6.27. The third-order valence-electron chi connectivity index (χ3n) is 2.97. The molecule has 0 unspecified atom stereocenters. The maximum Gasteiger partial charge on any atom is 0.253 e. The molecule has 1 aromatic heterocycles. The van der Waals surface area contributed by atoms with Gasteiger partial charge in [-0.05, 0) is 37.8 Å². The van der Waals surface area contributed by atoms with Crippen LogP contribution in [0.1, 0.15) is 30.1 Å². The predicted molar refractivity (Wildman–Crippen MR) is 73.1 cm³/mol. The molecule has 1 saturated carbocycles. The average molecular weight is 268 g/mol. The Morgan fingerprint density at radius 1 is 1.56 bits per heavy atom. The second-order valence-corrected chi connectivity index (χ2v) is 5.11. The van der Waals surface area contributed by atoms with E-state index >= 15 is 0 Å². The van der Waals surface area contributed by atoms with Gasteiger partial charge in [0.05, 0.1) is 0 Å². The summed E-state index contributed by atoms with van der Waals surface area (Å²) in [4.78, 5) is 18.1. The second-order valence-electron chi connectivity index (χ2n) is 4.72. The van der Waals surface area contributed by atoms with Crippen LogP contribution in [0.5, 0.6) is 0 Å². The van der Waals surface area contributed by atoms with Crippen LogP contribution in [0.25, 0.3) is 0 Å². The van der Waals surface area contributed by atoms with Gasteiger partial charge in [0.1, 0.15) is 11.0 Å². The highest BCUT2D eigenvalue weighted by Gasteiger charge is 2.25. The molecule has 1 aliphatic carbocycles. The smallest absolute Gasteiger partial charge is 0.253 e. The number of aromatic nitrogens is 1. The van der Waals surface area contributed by atoms with Gasteiger partial charge in [-0.1, -0.05) is 11.6 Å². The van der Waals surface area contributed by atoms with Gasteiger partial charge in [0.2, 0.25) is 0 Å². The maximum atomic E-state index is 12.2. The van der Waals surface area contributed by atoms with E-state index in [9.17, 15) is 4.79 Å². The Balaban J connectivity index is 2.12. The minimum absolute atomic E-state index is 0.00496. The van der Waals surface area contributed by atoms with Gasteiger partial charge in [0, 0.05) is 25.7 Å². The number of hydrogen-bond acceptors (Lipinski definition) is 3. The van der Waals surface area contributed by atoms with Crippen LogP contribution in [-0.4, -0.2) is 35.9 Å². The number of carbonyl (C=O) groups excluding carboxylic acids is 1. The predicted octanol–water partition coefficient (Wildman–Crippen LogP) is 2.65. The van der Waals surface area contributed by atoms with Gasteiger partial charge in [-0.15, -0.1) is 0 Å². The number of nitrogens with zero attached hydrogens (tertiary/aromatic N) is 2. The summed E-state index contributed by atoms with van der Waals surface area (Å²) in [5, 5.41) is 3.41. The highest BCUT2D eigenvalue weighted by molar-refractivity contribution is 6.29.